The number of imide groups is 1. The molecule has 6 nitrogen and oxygen atoms in total. The van der Waals surface area contributed by atoms with Crippen LogP contribution in [0.25, 0.3) is 0 Å². The number of fused-ring (bicyclic) bond motifs is 1. The van der Waals surface area contributed by atoms with Crippen LogP contribution in [-0.2, 0) is 22.7 Å². The minimum absolute atomic E-state index is 0.225. The highest BCUT2D eigenvalue weighted by Gasteiger charge is 2.41. The van der Waals surface area contributed by atoms with Crippen molar-refractivity contribution in [3.8, 4) is 5.75 Å². The van der Waals surface area contributed by atoms with E-state index >= 15 is 0 Å². The smallest absolute Gasteiger partial charge is 0.256 e. The largest absolute Gasteiger partial charge is 0.489 e. The van der Waals surface area contributed by atoms with Gasteiger partial charge in [-0.3, -0.25) is 19.7 Å². The standard InChI is InChI=1S/C20H17BrN2O4/c21-14-6-8-16(27-11-12-4-2-1-3-5-12)13-10-23(20(26)18(13)14)15-7-9-17(24)22-19(15)25/h1-6,8,15H,7,9-11H2,(H,22,24,25). The Balaban J connectivity index is 1.59. The molecule has 138 valence electrons. The predicted octanol–water partition coefficient (Wildman–Crippen LogP) is 2.79. The summed E-state index contributed by atoms with van der Waals surface area (Å²) in [6.45, 7) is 0.672. The molecule has 2 aliphatic rings. The molecule has 1 saturated heterocycles. The van der Waals surface area contributed by atoms with Crippen molar-refractivity contribution in [1.29, 1.82) is 0 Å². The molecule has 0 bridgehead atoms. The second-order valence-corrected chi connectivity index (χ2v) is 7.43. The first kappa shape index (κ1) is 17.7. The molecule has 2 aromatic carbocycles. The Bertz CT molecular complexity index is 929. The first-order chi connectivity index (χ1) is 13.0. The molecule has 0 aromatic heterocycles. The second-order valence-electron chi connectivity index (χ2n) is 6.57. The number of hydrogen-bond acceptors (Lipinski definition) is 4. The summed E-state index contributed by atoms with van der Waals surface area (Å²) in [7, 11) is 0. The van der Waals surface area contributed by atoms with Crippen LogP contribution in [0, 0.1) is 0 Å². The molecule has 1 atom stereocenters. The number of nitrogens with zero attached hydrogens (tertiary/aromatic N) is 1. The summed E-state index contributed by atoms with van der Waals surface area (Å²) in [4.78, 5) is 38.1. The molecule has 2 aromatic rings. The van der Waals surface area contributed by atoms with Crippen LogP contribution < -0.4 is 10.1 Å². The zero-order chi connectivity index (χ0) is 19.0. The van der Waals surface area contributed by atoms with Crippen molar-refractivity contribution in [2.75, 3.05) is 0 Å². The number of benzene rings is 2. The van der Waals surface area contributed by atoms with Crippen LogP contribution in [0.3, 0.4) is 0 Å². The van der Waals surface area contributed by atoms with Crippen molar-refractivity contribution in [1.82, 2.24) is 10.2 Å². The molecule has 2 aliphatic heterocycles. The average molecular weight is 429 g/mol. The maximum atomic E-state index is 12.9. The van der Waals surface area contributed by atoms with Gasteiger partial charge in [0.2, 0.25) is 11.8 Å². The van der Waals surface area contributed by atoms with Gasteiger partial charge in [-0.25, -0.2) is 0 Å². The highest BCUT2D eigenvalue weighted by atomic mass is 79.9. The molecule has 0 radical (unpaired) electrons. The topological polar surface area (TPSA) is 75.7 Å². The number of carbonyl (C=O) groups is 3. The van der Waals surface area contributed by atoms with Gasteiger partial charge in [-0.2, -0.15) is 0 Å². The van der Waals surface area contributed by atoms with Crippen molar-refractivity contribution in [2.45, 2.75) is 32.0 Å². The molecule has 4 rings (SSSR count). The molecule has 2 heterocycles. The molecule has 7 heteroatoms. The monoisotopic (exact) mass is 428 g/mol. The Labute approximate surface area is 164 Å². The molecular weight excluding hydrogens is 412 g/mol. The number of rotatable bonds is 4. The fourth-order valence-corrected chi connectivity index (χ4v) is 4.02. The Kier molecular flexibility index (Phi) is 4.70. The van der Waals surface area contributed by atoms with Crippen molar-refractivity contribution in [3.63, 3.8) is 0 Å². The van der Waals surface area contributed by atoms with Crippen LogP contribution >= 0.6 is 15.9 Å². The van der Waals surface area contributed by atoms with Gasteiger partial charge in [0.1, 0.15) is 18.4 Å². The summed E-state index contributed by atoms with van der Waals surface area (Å²) in [5.41, 5.74) is 2.31. The SMILES string of the molecule is O=C1CCC(N2Cc3c(OCc4ccccc4)ccc(Br)c3C2=O)C(=O)N1. The normalized spacial score (nSPS) is 19.1. The minimum Gasteiger partial charge on any atom is -0.489 e. The number of nitrogens with one attached hydrogen (secondary N) is 1. The van der Waals surface area contributed by atoms with Crippen molar-refractivity contribution < 1.29 is 19.1 Å². The quantitative estimate of drug-likeness (QED) is 0.759. The van der Waals surface area contributed by atoms with Gasteiger partial charge < -0.3 is 9.64 Å². The Morgan fingerprint density at radius 3 is 2.63 bits per heavy atom. The van der Waals surface area contributed by atoms with Gasteiger partial charge in [-0.1, -0.05) is 30.3 Å². The van der Waals surface area contributed by atoms with E-state index in [4.69, 9.17) is 4.74 Å². The van der Waals surface area contributed by atoms with Gasteiger partial charge in [0.15, 0.2) is 0 Å². The molecule has 3 amide bonds. The van der Waals surface area contributed by atoms with Crippen LogP contribution in [0.15, 0.2) is 46.9 Å². The highest BCUT2D eigenvalue weighted by molar-refractivity contribution is 9.10. The molecule has 1 fully saturated rings. The Hall–Kier alpha value is -2.67. The summed E-state index contributed by atoms with van der Waals surface area (Å²) < 4.78 is 6.63. The third-order valence-corrected chi connectivity index (χ3v) is 5.51. The van der Waals surface area contributed by atoms with Gasteiger partial charge >= 0.3 is 0 Å². The van der Waals surface area contributed by atoms with E-state index in [1.807, 2.05) is 36.4 Å². The number of piperidine rings is 1. The number of carbonyl (C=O) groups excluding carboxylic acids is 3. The zero-order valence-electron chi connectivity index (χ0n) is 14.4. The van der Waals surface area contributed by atoms with Crippen LogP contribution in [0.4, 0.5) is 0 Å². The van der Waals surface area contributed by atoms with Gasteiger partial charge in [0, 0.05) is 16.5 Å². The Morgan fingerprint density at radius 1 is 1.11 bits per heavy atom. The Morgan fingerprint density at radius 2 is 1.89 bits per heavy atom. The van der Waals surface area contributed by atoms with Crippen molar-refractivity contribution in [3.05, 3.63) is 63.6 Å². The van der Waals surface area contributed by atoms with E-state index in [-0.39, 0.29) is 24.8 Å². The van der Waals surface area contributed by atoms with Crippen molar-refractivity contribution >= 4 is 33.7 Å². The summed E-state index contributed by atoms with van der Waals surface area (Å²) in [5.74, 6) is -0.319. The average Bonchev–Trinajstić information content (AvgIpc) is 3.00. The summed E-state index contributed by atoms with van der Waals surface area (Å²) >= 11 is 3.44. The van der Waals surface area contributed by atoms with Gasteiger partial charge in [0.05, 0.1) is 12.1 Å². The highest BCUT2D eigenvalue weighted by Crippen LogP contribution is 2.38. The van der Waals surface area contributed by atoms with Gasteiger partial charge in [-0.15, -0.1) is 0 Å². The lowest BCUT2D eigenvalue weighted by atomic mass is 10.0. The van der Waals surface area contributed by atoms with E-state index in [9.17, 15) is 14.4 Å². The first-order valence-electron chi connectivity index (χ1n) is 8.67. The van der Waals surface area contributed by atoms with Crippen LogP contribution in [0.5, 0.6) is 5.75 Å². The number of hydrogen-bond donors (Lipinski definition) is 1. The minimum atomic E-state index is -0.642. The van der Waals surface area contributed by atoms with Crippen LogP contribution in [-0.4, -0.2) is 28.7 Å². The maximum Gasteiger partial charge on any atom is 0.256 e. The van der Waals surface area contributed by atoms with E-state index in [2.05, 4.69) is 21.2 Å². The number of ether oxygens (including phenoxy) is 1. The van der Waals surface area contributed by atoms with E-state index in [0.29, 0.717) is 28.8 Å². The lowest BCUT2D eigenvalue weighted by molar-refractivity contribution is -0.136. The fraction of sp³-hybridized carbons (Fsp3) is 0.250. The molecule has 0 aliphatic carbocycles. The van der Waals surface area contributed by atoms with E-state index in [1.165, 1.54) is 4.90 Å². The first-order valence-corrected chi connectivity index (χ1v) is 9.46. The van der Waals surface area contributed by atoms with Gasteiger partial charge in [-0.05, 0) is 40.0 Å². The van der Waals surface area contributed by atoms with Gasteiger partial charge in [0.25, 0.3) is 5.91 Å². The molecule has 1 unspecified atom stereocenters. The van der Waals surface area contributed by atoms with Crippen LogP contribution in [0.1, 0.15) is 34.3 Å². The van der Waals surface area contributed by atoms with E-state index < -0.39 is 11.9 Å². The number of amides is 3. The predicted molar refractivity (Wildman–Crippen MR) is 101 cm³/mol. The lowest BCUT2D eigenvalue weighted by Gasteiger charge is -2.29. The van der Waals surface area contributed by atoms with Crippen LogP contribution in [0.2, 0.25) is 0 Å². The third kappa shape index (κ3) is 3.35. The molecular formula is C20H17BrN2O4. The lowest BCUT2D eigenvalue weighted by Crippen LogP contribution is -2.52. The maximum absolute atomic E-state index is 12.9. The molecule has 27 heavy (non-hydrogen) atoms. The molecule has 1 N–H and O–H groups in total. The molecule has 0 spiro atoms. The zero-order valence-corrected chi connectivity index (χ0v) is 16.0. The van der Waals surface area contributed by atoms with E-state index in [0.717, 1.165) is 11.1 Å². The summed E-state index contributed by atoms with van der Waals surface area (Å²) in [6.07, 6.45) is 0.567. The van der Waals surface area contributed by atoms with Crippen molar-refractivity contribution in [2.24, 2.45) is 0 Å². The molecule has 0 saturated carbocycles. The number of halogens is 1. The second kappa shape index (κ2) is 7.15. The summed E-state index contributed by atoms with van der Waals surface area (Å²) in [6, 6.07) is 12.7. The summed E-state index contributed by atoms with van der Waals surface area (Å²) in [5, 5.41) is 2.31. The third-order valence-electron chi connectivity index (χ3n) is 4.85. The fourth-order valence-electron chi connectivity index (χ4n) is 3.48. The van der Waals surface area contributed by atoms with E-state index in [1.54, 1.807) is 6.07 Å².